The van der Waals surface area contributed by atoms with Gasteiger partial charge in [0.1, 0.15) is 23.8 Å². The number of Topliss-reactive ketones (excluding diaryl/α,β-unsaturated/α-hetero) is 1. The molecule has 3 aliphatic carbocycles. The summed E-state index contributed by atoms with van der Waals surface area (Å²) < 4.78 is 0. The topological polar surface area (TPSA) is 206 Å². The third-order valence-corrected chi connectivity index (χ3v) is 11.5. The van der Waals surface area contributed by atoms with Crippen molar-refractivity contribution < 1.29 is 28.8 Å². The first-order chi connectivity index (χ1) is 23.1. The molecule has 5 rings (SSSR count). The highest BCUT2D eigenvalue weighted by molar-refractivity contribution is 6.38. The quantitative estimate of drug-likeness (QED) is 0.205. The maximum atomic E-state index is 14.5. The Labute approximate surface area is 287 Å². The molecule has 1 aromatic rings. The standard InChI is InChI=1S/C35H52N8O6/c1-34(2,3)23(17-39-30(46)22-16-37-14-15-38-22)40-33(49)42-26(20-10-7-6-8-11-20)32(48)43-18-21-24(35(21,4)5)27(43)31(47)41-25(19-12-9-13-19)28(44)29(36)45/h14-16,19-21,23-27H,6-13,17-18H2,1-5H3,(H2,36,45)(H,39,46)(H,41,47)(H2,40,42,49)/t21-,23+,24-,25?,26-,27-/m0/s1. The number of nitrogens with one attached hydrogen (secondary N) is 4. The van der Waals surface area contributed by atoms with Gasteiger partial charge in [0.15, 0.2) is 0 Å². The summed E-state index contributed by atoms with van der Waals surface area (Å²) in [6.45, 7) is 10.4. The fourth-order valence-corrected chi connectivity index (χ4v) is 8.02. The number of carbonyl (C=O) groups is 6. The minimum Gasteiger partial charge on any atom is -0.363 e. The van der Waals surface area contributed by atoms with Gasteiger partial charge < -0.3 is 31.9 Å². The maximum Gasteiger partial charge on any atom is 0.315 e. The number of fused-ring (bicyclic) bond motifs is 1. The van der Waals surface area contributed by atoms with Gasteiger partial charge in [-0.2, -0.15) is 0 Å². The molecule has 14 nitrogen and oxygen atoms in total. The second-order valence-electron chi connectivity index (χ2n) is 16.0. The maximum absolute atomic E-state index is 14.5. The van der Waals surface area contributed by atoms with E-state index in [9.17, 15) is 28.8 Å². The van der Waals surface area contributed by atoms with Crippen LogP contribution in [-0.2, 0) is 19.2 Å². The van der Waals surface area contributed by atoms with E-state index in [-0.39, 0.29) is 47.2 Å². The first-order valence-corrected chi connectivity index (χ1v) is 17.7. The van der Waals surface area contributed by atoms with Gasteiger partial charge in [0, 0.05) is 25.5 Å². The van der Waals surface area contributed by atoms with Gasteiger partial charge in [0.05, 0.1) is 12.2 Å². The molecular weight excluding hydrogens is 628 g/mol. The molecular formula is C35H52N8O6. The molecule has 0 aromatic carbocycles. The van der Waals surface area contributed by atoms with E-state index in [0.29, 0.717) is 19.4 Å². The number of hydrogen-bond donors (Lipinski definition) is 5. The average Bonchev–Trinajstić information content (AvgIpc) is 3.34. The second-order valence-corrected chi connectivity index (χ2v) is 16.0. The van der Waals surface area contributed by atoms with Gasteiger partial charge in [-0.15, -0.1) is 0 Å². The van der Waals surface area contributed by atoms with Gasteiger partial charge in [-0.3, -0.25) is 29.0 Å². The molecule has 14 heteroatoms. The number of nitrogens with zero attached hydrogens (tertiary/aromatic N) is 3. The van der Waals surface area contributed by atoms with E-state index in [1.54, 1.807) is 4.90 Å². The Morgan fingerprint density at radius 2 is 1.57 bits per heavy atom. The Morgan fingerprint density at radius 3 is 2.14 bits per heavy atom. The average molecular weight is 681 g/mol. The Hall–Kier alpha value is -4.10. The molecule has 6 atom stereocenters. The zero-order valence-electron chi connectivity index (χ0n) is 29.3. The zero-order chi connectivity index (χ0) is 35.7. The number of urea groups is 1. The van der Waals surface area contributed by atoms with Gasteiger partial charge in [-0.25, -0.2) is 9.78 Å². The highest BCUT2D eigenvalue weighted by Gasteiger charge is 2.70. The van der Waals surface area contributed by atoms with Crippen molar-refractivity contribution in [1.82, 2.24) is 36.1 Å². The van der Waals surface area contributed by atoms with Crippen molar-refractivity contribution in [2.24, 2.45) is 40.2 Å². The van der Waals surface area contributed by atoms with Crippen molar-refractivity contribution >= 4 is 35.4 Å². The Morgan fingerprint density at radius 1 is 0.918 bits per heavy atom. The van der Waals surface area contributed by atoms with Crippen LogP contribution in [0.2, 0.25) is 0 Å². The minimum absolute atomic E-state index is 0.0882. The number of primary amides is 1. The number of aromatic nitrogens is 2. The molecule has 49 heavy (non-hydrogen) atoms. The number of ketones is 1. The second kappa shape index (κ2) is 14.4. The molecule has 0 bridgehead atoms. The van der Waals surface area contributed by atoms with Crippen LogP contribution in [0.1, 0.15) is 96.5 Å². The fourth-order valence-electron chi connectivity index (χ4n) is 8.02. The van der Waals surface area contributed by atoms with Gasteiger partial charge in [0.2, 0.25) is 17.6 Å². The van der Waals surface area contributed by atoms with Crippen LogP contribution in [0.3, 0.4) is 0 Å². The summed E-state index contributed by atoms with van der Waals surface area (Å²) in [5.74, 6) is -3.43. The summed E-state index contributed by atoms with van der Waals surface area (Å²) in [5, 5.41) is 11.6. The lowest BCUT2D eigenvalue weighted by Crippen LogP contribution is -2.62. The van der Waals surface area contributed by atoms with E-state index in [1.165, 1.54) is 18.6 Å². The van der Waals surface area contributed by atoms with Crippen molar-refractivity contribution in [1.29, 1.82) is 0 Å². The van der Waals surface area contributed by atoms with Crippen molar-refractivity contribution in [3.63, 3.8) is 0 Å². The molecule has 268 valence electrons. The zero-order valence-corrected chi connectivity index (χ0v) is 29.3. The third kappa shape index (κ3) is 7.88. The highest BCUT2D eigenvalue weighted by Crippen LogP contribution is 2.65. The van der Waals surface area contributed by atoms with E-state index in [4.69, 9.17) is 5.73 Å². The van der Waals surface area contributed by atoms with Crippen LogP contribution < -0.4 is 27.0 Å². The third-order valence-electron chi connectivity index (χ3n) is 11.5. The Kier molecular flexibility index (Phi) is 10.6. The molecule has 3 saturated carbocycles. The van der Waals surface area contributed by atoms with Gasteiger partial charge in [-0.05, 0) is 60.2 Å². The summed E-state index contributed by atoms with van der Waals surface area (Å²) in [7, 11) is 0. The fraction of sp³-hybridized carbons (Fsp3) is 0.714. The summed E-state index contributed by atoms with van der Waals surface area (Å²) >= 11 is 0. The summed E-state index contributed by atoms with van der Waals surface area (Å²) in [4.78, 5) is 89.1. The van der Waals surface area contributed by atoms with E-state index in [1.807, 2.05) is 20.8 Å². The number of hydrogen-bond acceptors (Lipinski definition) is 8. The molecule has 0 spiro atoms. The predicted octanol–water partition coefficient (Wildman–Crippen LogP) is 1.69. The molecule has 2 heterocycles. The van der Waals surface area contributed by atoms with Crippen LogP contribution in [0.15, 0.2) is 18.6 Å². The summed E-state index contributed by atoms with van der Waals surface area (Å²) in [5.41, 5.74) is 4.87. The lowest BCUT2D eigenvalue weighted by Gasteiger charge is -2.39. The van der Waals surface area contributed by atoms with E-state index in [0.717, 1.165) is 38.5 Å². The van der Waals surface area contributed by atoms with Crippen LogP contribution >= 0.6 is 0 Å². The van der Waals surface area contributed by atoms with Crippen molar-refractivity contribution in [2.75, 3.05) is 13.1 Å². The van der Waals surface area contributed by atoms with Crippen LogP contribution in [0, 0.1) is 34.5 Å². The van der Waals surface area contributed by atoms with Crippen LogP contribution in [0.5, 0.6) is 0 Å². The van der Waals surface area contributed by atoms with Crippen LogP contribution in [-0.4, -0.2) is 87.6 Å². The number of amides is 6. The number of likely N-dealkylation sites (tertiary alicyclic amines) is 1. The first-order valence-electron chi connectivity index (χ1n) is 17.7. The highest BCUT2D eigenvalue weighted by atomic mass is 16.2. The minimum atomic E-state index is -1.09. The van der Waals surface area contributed by atoms with Crippen LogP contribution in [0.25, 0.3) is 0 Å². The molecule has 4 aliphatic rings. The Balaban J connectivity index is 1.32. The monoisotopic (exact) mass is 680 g/mol. The molecule has 1 aromatic heterocycles. The number of rotatable bonds is 12. The van der Waals surface area contributed by atoms with E-state index >= 15 is 0 Å². The van der Waals surface area contributed by atoms with E-state index in [2.05, 4.69) is 45.1 Å². The molecule has 1 saturated heterocycles. The Bertz CT molecular complexity index is 1430. The SMILES string of the molecule is CC(C)(C)[C@@H](CNC(=O)c1cnccn1)NC(=O)N[C@H](C(=O)N1C[C@H]2[C@@H]([C@H]1C(=O)NC(C(=O)C(N)=O)C1CCC1)C2(C)C)C1CCCCC1. The lowest BCUT2D eigenvalue weighted by molar-refractivity contribution is -0.145. The van der Waals surface area contributed by atoms with Gasteiger partial charge in [0.25, 0.3) is 11.8 Å². The predicted molar refractivity (Wildman–Crippen MR) is 179 cm³/mol. The molecule has 1 unspecified atom stereocenters. The van der Waals surface area contributed by atoms with E-state index < -0.39 is 59.1 Å². The normalized spacial score (nSPS) is 25.1. The van der Waals surface area contributed by atoms with Gasteiger partial charge >= 0.3 is 6.03 Å². The molecule has 6 amide bonds. The number of nitrogens with two attached hydrogens (primary N) is 1. The summed E-state index contributed by atoms with van der Waals surface area (Å²) in [6.07, 6.45) is 11.0. The van der Waals surface area contributed by atoms with Gasteiger partial charge in [-0.1, -0.05) is 60.3 Å². The number of piperidine rings is 1. The molecule has 1 aliphatic heterocycles. The lowest BCUT2D eigenvalue weighted by atomic mass is 9.78. The van der Waals surface area contributed by atoms with Crippen molar-refractivity contribution in [2.45, 2.75) is 110 Å². The first kappa shape index (κ1) is 36.2. The molecule has 4 fully saturated rings. The largest absolute Gasteiger partial charge is 0.363 e. The van der Waals surface area contributed by atoms with Crippen molar-refractivity contribution in [3.05, 3.63) is 24.3 Å². The number of carbonyl (C=O) groups excluding carboxylic acids is 6. The molecule has 0 radical (unpaired) electrons. The summed E-state index contributed by atoms with van der Waals surface area (Å²) in [6, 6.07) is -3.77. The van der Waals surface area contributed by atoms with Crippen molar-refractivity contribution in [3.8, 4) is 0 Å². The van der Waals surface area contributed by atoms with Crippen LogP contribution in [0.4, 0.5) is 4.79 Å². The molecule has 6 N–H and O–H groups in total. The smallest absolute Gasteiger partial charge is 0.315 e.